The third-order valence-corrected chi connectivity index (χ3v) is 11.7. The zero-order valence-electron chi connectivity index (χ0n) is 23.3. The molecule has 0 bridgehead atoms. The number of hydrogen-bond donors (Lipinski definition) is 2. The van der Waals surface area contributed by atoms with E-state index in [0.29, 0.717) is 18.7 Å². The van der Waals surface area contributed by atoms with E-state index in [9.17, 15) is 9.59 Å². The first kappa shape index (κ1) is 29.3. The summed E-state index contributed by atoms with van der Waals surface area (Å²) in [6, 6.07) is 25.3. The first-order valence-electron chi connectivity index (χ1n) is 13.0. The number of hydrogen-bond acceptors (Lipinski definition) is 5. The molecule has 38 heavy (non-hydrogen) atoms. The molecule has 0 spiro atoms. The summed E-state index contributed by atoms with van der Waals surface area (Å²) in [7, 11) is -0.624. The van der Waals surface area contributed by atoms with Crippen molar-refractivity contribution < 1.29 is 18.8 Å². The van der Waals surface area contributed by atoms with Crippen molar-refractivity contribution in [3.63, 3.8) is 0 Å². The molecule has 6 nitrogen and oxygen atoms in total. The van der Waals surface area contributed by atoms with Crippen LogP contribution in [0.15, 0.2) is 84.9 Å². The van der Waals surface area contributed by atoms with Gasteiger partial charge in [-0.05, 0) is 47.3 Å². The Morgan fingerprint density at radius 1 is 0.868 bits per heavy atom. The third-order valence-electron chi connectivity index (χ3n) is 7.21. The average Bonchev–Trinajstić information content (AvgIpc) is 2.90. The first-order valence-corrected chi connectivity index (χ1v) is 15.9. The molecule has 202 valence electrons. The van der Waals surface area contributed by atoms with E-state index in [1.54, 1.807) is 0 Å². The van der Waals surface area contributed by atoms with E-state index in [1.807, 2.05) is 84.9 Å². The third kappa shape index (κ3) is 7.87. The summed E-state index contributed by atoms with van der Waals surface area (Å²) in [5.74, 6) is -0.691. The number of para-hydroxylation sites is 1. The molecule has 2 atom stereocenters. The lowest BCUT2D eigenvalue weighted by atomic mass is 10.0. The number of rotatable bonds is 11. The first-order chi connectivity index (χ1) is 18.0. The SMILES string of the molecule is COC(=O)C(NC(Cc1ccccc1)C(=O)Nc1ccccc1CO[Si](C)(C)C(C)(C)C)c1ccccc1. The van der Waals surface area contributed by atoms with Gasteiger partial charge in [0.2, 0.25) is 5.91 Å². The molecule has 3 rings (SSSR count). The molecule has 0 aliphatic heterocycles. The van der Waals surface area contributed by atoms with E-state index in [1.165, 1.54) is 7.11 Å². The Labute approximate surface area is 227 Å². The average molecular weight is 533 g/mol. The molecule has 3 aromatic carbocycles. The maximum atomic E-state index is 13.7. The van der Waals surface area contributed by atoms with Crippen LogP contribution >= 0.6 is 0 Å². The molecule has 0 radical (unpaired) electrons. The van der Waals surface area contributed by atoms with Gasteiger partial charge in [0.1, 0.15) is 6.04 Å². The number of benzene rings is 3. The fourth-order valence-corrected chi connectivity index (χ4v) is 4.75. The summed E-state index contributed by atoms with van der Waals surface area (Å²) in [5.41, 5.74) is 3.32. The molecule has 7 heteroatoms. The Kier molecular flexibility index (Phi) is 10.0. The number of carbonyl (C=O) groups is 2. The second-order valence-corrected chi connectivity index (χ2v) is 15.8. The van der Waals surface area contributed by atoms with E-state index in [2.05, 4.69) is 44.5 Å². The smallest absolute Gasteiger partial charge is 0.327 e. The molecule has 0 aliphatic rings. The Balaban J connectivity index is 1.86. The summed E-state index contributed by atoms with van der Waals surface area (Å²) in [6.45, 7) is 11.5. The molecular formula is C31H40N2O4Si. The van der Waals surface area contributed by atoms with E-state index >= 15 is 0 Å². The predicted molar refractivity (Wildman–Crippen MR) is 155 cm³/mol. The van der Waals surface area contributed by atoms with Crippen LogP contribution < -0.4 is 10.6 Å². The van der Waals surface area contributed by atoms with Gasteiger partial charge in [-0.3, -0.25) is 10.1 Å². The fraction of sp³-hybridized carbons (Fsp3) is 0.355. The van der Waals surface area contributed by atoms with Crippen LogP contribution in [0.2, 0.25) is 18.1 Å². The summed E-state index contributed by atoms with van der Waals surface area (Å²) < 4.78 is 11.5. The largest absolute Gasteiger partial charge is 0.468 e. The molecule has 1 amide bonds. The van der Waals surface area contributed by atoms with Gasteiger partial charge in [0.15, 0.2) is 8.32 Å². The van der Waals surface area contributed by atoms with Crippen LogP contribution in [0.5, 0.6) is 0 Å². The zero-order valence-corrected chi connectivity index (χ0v) is 24.3. The molecule has 0 saturated carbocycles. The standard InChI is InChI=1S/C31H40N2O4Si/c1-31(2,3)38(5,6)37-22-25-19-13-14-20-26(25)33-29(34)27(21-23-15-9-7-10-16-23)32-28(30(35)36-4)24-17-11-8-12-18-24/h7-20,27-28,32H,21-22H2,1-6H3,(H,33,34). The van der Waals surface area contributed by atoms with E-state index in [-0.39, 0.29) is 10.9 Å². The van der Waals surface area contributed by atoms with Crippen molar-refractivity contribution in [3.05, 3.63) is 102 Å². The predicted octanol–water partition coefficient (Wildman–Crippen LogP) is 6.26. The lowest BCUT2D eigenvalue weighted by Crippen LogP contribution is -2.46. The minimum atomic E-state index is -1.98. The minimum Gasteiger partial charge on any atom is -0.468 e. The highest BCUT2D eigenvalue weighted by Crippen LogP contribution is 2.37. The molecule has 0 saturated heterocycles. The maximum absolute atomic E-state index is 13.7. The monoisotopic (exact) mass is 532 g/mol. The second kappa shape index (κ2) is 13.0. The zero-order chi connectivity index (χ0) is 27.8. The Morgan fingerprint density at radius 2 is 1.45 bits per heavy atom. The van der Waals surface area contributed by atoms with Crippen molar-refractivity contribution in [2.75, 3.05) is 12.4 Å². The summed E-state index contributed by atoms with van der Waals surface area (Å²) in [5, 5.41) is 6.46. The van der Waals surface area contributed by atoms with Crippen molar-refractivity contribution >= 4 is 25.9 Å². The van der Waals surface area contributed by atoms with Crippen LogP contribution in [0.1, 0.15) is 43.5 Å². The van der Waals surface area contributed by atoms with Crippen molar-refractivity contribution in [1.29, 1.82) is 0 Å². The number of amides is 1. The normalized spacial score (nSPS) is 13.4. The van der Waals surface area contributed by atoms with Crippen molar-refractivity contribution in [2.24, 2.45) is 0 Å². The number of anilines is 1. The van der Waals surface area contributed by atoms with E-state index in [0.717, 1.165) is 16.7 Å². The minimum absolute atomic E-state index is 0.0796. The number of esters is 1. The molecule has 3 aromatic rings. The van der Waals surface area contributed by atoms with Crippen molar-refractivity contribution in [3.8, 4) is 0 Å². The maximum Gasteiger partial charge on any atom is 0.327 e. The fourth-order valence-electron chi connectivity index (χ4n) is 3.80. The van der Waals surface area contributed by atoms with Crippen molar-refractivity contribution in [2.45, 2.75) is 64.0 Å². The van der Waals surface area contributed by atoms with Gasteiger partial charge in [0, 0.05) is 5.69 Å². The molecular weight excluding hydrogens is 492 g/mol. The molecule has 2 unspecified atom stereocenters. The van der Waals surface area contributed by atoms with Crippen LogP contribution in [0, 0.1) is 0 Å². The lowest BCUT2D eigenvalue weighted by Gasteiger charge is -2.36. The van der Waals surface area contributed by atoms with Gasteiger partial charge >= 0.3 is 5.97 Å². The quantitative estimate of drug-likeness (QED) is 0.225. The highest BCUT2D eigenvalue weighted by atomic mass is 28.4. The highest BCUT2D eigenvalue weighted by molar-refractivity contribution is 6.74. The van der Waals surface area contributed by atoms with Gasteiger partial charge in [-0.2, -0.15) is 0 Å². The van der Waals surface area contributed by atoms with Crippen LogP contribution in [0.3, 0.4) is 0 Å². The topological polar surface area (TPSA) is 76.7 Å². The number of carbonyl (C=O) groups excluding carboxylic acids is 2. The Morgan fingerprint density at radius 3 is 2.05 bits per heavy atom. The number of methoxy groups -OCH3 is 1. The van der Waals surface area contributed by atoms with Gasteiger partial charge in [-0.25, -0.2) is 4.79 Å². The molecule has 2 N–H and O–H groups in total. The number of nitrogens with one attached hydrogen (secondary N) is 2. The molecule has 0 fully saturated rings. The number of ether oxygens (including phenoxy) is 1. The van der Waals surface area contributed by atoms with Gasteiger partial charge in [0.05, 0.1) is 19.8 Å². The van der Waals surface area contributed by atoms with E-state index < -0.39 is 26.4 Å². The summed E-state index contributed by atoms with van der Waals surface area (Å²) in [6.07, 6.45) is 0.398. The molecule has 0 aromatic heterocycles. The van der Waals surface area contributed by atoms with Crippen LogP contribution in [0.25, 0.3) is 0 Å². The van der Waals surface area contributed by atoms with Gasteiger partial charge in [-0.15, -0.1) is 0 Å². The Bertz CT molecular complexity index is 1190. The van der Waals surface area contributed by atoms with Crippen LogP contribution in [0.4, 0.5) is 5.69 Å². The second-order valence-electron chi connectivity index (χ2n) is 11.0. The van der Waals surface area contributed by atoms with Gasteiger partial charge in [0.25, 0.3) is 0 Å². The molecule has 0 aliphatic carbocycles. The molecule has 0 heterocycles. The van der Waals surface area contributed by atoms with Crippen LogP contribution in [-0.2, 0) is 31.8 Å². The highest BCUT2D eigenvalue weighted by Gasteiger charge is 2.37. The summed E-state index contributed by atoms with van der Waals surface area (Å²) >= 11 is 0. The van der Waals surface area contributed by atoms with Crippen molar-refractivity contribution in [1.82, 2.24) is 5.32 Å². The van der Waals surface area contributed by atoms with Crippen LogP contribution in [-0.4, -0.2) is 33.3 Å². The van der Waals surface area contributed by atoms with Gasteiger partial charge in [-0.1, -0.05) is 99.6 Å². The lowest BCUT2D eigenvalue weighted by molar-refractivity contribution is -0.143. The van der Waals surface area contributed by atoms with Gasteiger partial charge < -0.3 is 14.5 Å². The van der Waals surface area contributed by atoms with E-state index in [4.69, 9.17) is 9.16 Å². The Hall–Kier alpha value is -3.26. The summed E-state index contributed by atoms with van der Waals surface area (Å²) in [4.78, 5) is 26.5.